The SMILES string of the molecule is Cc1cn(-c2ccc3c(c2)OC(F)(F)C(F)(F)O3)c(=NC(=O)C(C)(C)C)s1. The van der Waals surface area contributed by atoms with Crippen LogP contribution in [0.4, 0.5) is 17.6 Å². The van der Waals surface area contributed by atoms with Gasteiger partial charge in [0.2, 0.25) is 0 Å². The third-order valence-electron chi connectivity index (χ3n) is 3.63. The molecule has 0 aliphatic carbocycles. The van der Waals surface area contributed by atoms with Gasteiger partial charge in [-0.05, 0) is 19.1 Å². The largest absolute Gasteiger partial charge is 0.507 e. The number of carbonyl (C=O) groups excluding carboxylic acids is 1. The Bertz CT molecular complexity index is 973. The van der Waals surface area contributed by atoms with Crippen LogP contribution in [0, 0.1) is 12.3 Å². The summed E-state index contributed by atoms with van der Waals surface area (Å²) in [6, 6.07) is 3.61. The number of nitrogens with zero attached hydrogens (tertiary/aromatic N) is 2. The molecule has 3 rings (SSSR count). The molecular formula is C17H16F4N2O3S. The number of aromatic nitrogens is 1. The lowest BCUT2D eigenvalue weighted by atomic mass is 9.96. The first-order valence-corrected chi connectivity index (χ1v) is 8.68. The van der Waals surface area contributed by atoms with E-state index in [4.69, 9.17) is 0 Å². The van der Waals surface area contributed by atoms with Crippen LogP contribution in [0.2, 0.25) is 0 Å². The van der Waals surface area contributed by atoms with Crippen molar-refractivity contribution in [1.82, 2.24) is 4.57 Å². The van der Waals surface area contributed by atoms with E-state index in [2.05, 4.69) is 14.5 Å². The van der Waals surface area contributed by atoms with Gasteiger partial charge in [0.05, 0.1) is 5.69 Å². The highest BCUT2D eigenvalue weighted by atomic mass is 32.1. The molecule has 0 radical (unpaired) electrons. The molecule has 1 amide bonds. The van der Waals surface area contributed by atoms with Crippen LogP contribution in [0.5, 0.6) is 11.5 Å². The van der Waals surface area contributed by atoms with E-state index in [1.807, 2.05) is 0 Å². The molecule has 10 heteroatoms. The smallest absolute Gasteiger partial charge is 0.421 e. The molecule has 1 aliphatic heterocycles. The summed E-state index contributed by atoms with van der Waals surface area (Å²) in [6.45, 7) is 6.94. The molecule has 0 N–H and O–H groups in total. The van der Waals surface area contributed by atoms with E-state index in [1.165, 1.54) is 22.0 Å². The lowest BCUT2D eigenvalue weighted by Crippen LogP contribution is -2.52. The van der Waals surface area contributed by atoms with E-state index in [-0.39, 0.29) is 5.91 Å². The van der Waals surface area contributed by atoms with Crippen LogP contribution in [-0.4, -0.2) is 22.7 Å². The molecule has 0 unspecified atom stereocenters. The van der Waals surface area contributed by atoms with Gasteiger partial charge in [0, 0.05) is 22.6 Å². The fraction of sp³-hybridized carbons (Fsp3) is 0.412. The van der Waals surface area contributed by atoms with Crippen molar-refractivity contribution in [3.05, 3.63) is 34.1 Å². The first-order valence-electron chi connectivity index (χ1n) is 7.86. The number of carbonyl (C=O) groups is 1. The second-order valence-corrected chi connectivity index (χ2v) is 8.24. The van der Waals surface area contributed by atoms with Crippen LogP contribution in [0.15, 0.2) is 29.4 Å². The molecule has 0 atom stereocenters. The number of amides is 1. The van der Waals surface area contributed by atoms with Gasteiger partial charge in [0.25, 0.3) is 5.91 Å². The van der Waals surface area contributed by atoms with Gasteiger partial charge in [-0.2, -0.15) is 22.6 Å². The molecule has 1 aromatic carbocycles. The standard InChI is InChI=1S/C17H16F4N2O3S/c1-9-8-23(14(27-9)22-13(24)15(2,3)4)10-5-6-11-12(7-10)26-17(20,21)16(18,19)25-11/h5-8H,1-4H3. The minimum absolute atomic E-state index is 0.308. The predicted octanol–water partition coefficient (Wildman–Crippen LogP) is 4.28. The van der Waals surface area contributed by atoms with E-state index in [0.29, 0.717) is 10.5 Å². The zero-order chi connectivity index (χ0) is 20.2. The van der Waals surface area contributed by atoms with Crippen molar-refractivity contribution in [2.24, 2.45) is 10.4 Å². The quantitative estimate of drug-likeness (QED) is 0.667. The lowest BCUT2D eigenvalue weighted by molar-refractivity contribution is -0.391. The molecule has 2 heterocycles. The second-order valence-electron chi connectivity index (χ2n) is 7.03. The number of hydrogen-bond donors (Lipinski definition) is 0. The Balaban J connectivity index is 2.08. The van der Waals surface area contributed by atoms with Crippen LogP contribution in [0.25, 0.3) is 5.69 Å². The van der Waals surface area contributed by atoms with Crippen molar-refractivity contribution in [3.63, 3.8) is 0 Å². The summed E-state index contributed by atoms with van der Waals surface area (Å²) >= 11 is 1.23. The van der Waals surface area contributed by atoms with E-state index in [1.54, 1.807) is 33.9 Å². The topological polar surface area (TPSA) is 52.8 Å². The highest BCUT2D eigenvalue weighted by Gasteiger charge is 2.65. The van der Waals surface area contributed by atoms with Gasteiger partial charge in [-0.3, -0.25) is 9.36 Å². The normalized spacial score (nSPS) is 18.4. The number of rotatable bonds is 1. The maximum Gasteiger partial charge on any atom is 0.507 e. The molecule has 0 saturated carbocycles. The number of fused-ring (bicyclic) bond motifs is 1. The van der Waals surface area contributed by atoms with Gasteiger partial charge >= 0.3 is 12.2 Å². The summed E-state index contributed by atoms with van der Waals surface area (Å²) in [5.41, 5.74) is -0.390. The Kier molecular flexibility index (Phi) is 4.37. The van der Waals surface area contributed by atoms with Crippen molar-refractivity contribution in [3.8, 4) is 17.2 Å². The third kappa shape index (κ3) is 3.58. The highest BCUT2D eigenvalue weighted by molar-refractivity contribution is 7.09. The molecule has 5 nitrogen and oxygen atoms in total. The number of thiazole rings is 1. The number of ether oxygens (including phenoxy) is 2. The number of halogens is 4. The Morgan fingerprint density at radius 2 is 1.70 bits per heavy atom. The van der Waals surface area contributed by atoms with Crippen LogP contribution in [0.3, 0.4) is 0 Å². The van der Waals surface area contributed by atoms with Crippen molar-refractivity contribution in [2.75, 3.05) is 0 Å². The lowest BCUT2D eigenvalue weighted by Gasteiger charge is -2.31. The van der Waals surface area contributed by atoms with Crippen molar-refractivity contribution in [1.29, 1.82) is 0 Å². The van der Waals surface area contributed by atoms with Crippen molar-refractivity contribution in [2.45, 2.75) is 39.9 Å². The number of benzene rings is 1. The van der Waals surface area contributed by atoms with Crippen LogP contribution >= 0.6 is 11.3 Å². The Morgan fingerprint density at radius 3 is 2.30 bits per heavy atom. The minimum atomic E-state index is -4.80. The van der Waals surface area contributed by atoms with Gasteiger partial charge in [0.1, 0.15) is 0 Å². The maximum absolute atomic E-state index is 13.4. The molecule has 2 aromatic rings. The fourth-order valence-electron chi connectivity index (χ4n) is 2.18. The molecule has 0 bridgehead atoms. The predicted molar refractivity (Wildman–Crippen MR) is 89.6 cm³/mol. The van der Waals surface area contributed by atoms with Crippen molar-refractivity contribution >= 4 is 17.2 Å². The average Bonchev–Trinajstić information content (AvgIpc) is 2.87. The fourth-order valence-corrected chi connectivity index (χ4v) is 3.01. The number of hydrogen-bond acceptors (Lipinski definition) is 4. The number of aryl methyl sites for hydroxylation is 1. The zero-order valence-electron chi connectivity index (χ0n) is 14.8. The summed E-state index contributed by atoms with van der Waals surface area (Å²) in [5.74, 6) is -1.40. The molecule has 146 valence electrons. The Morgan fingerprint density at radius 1 is 1.11 bits per heavy atom. The van der Waals surface area contributed by atoms with Crippen molar-refractivity contribution < 1.29 is 31.8 Å². The van der Waals surface area contributed by atoms with Crippen LogP contribution < -0.4 is 14.3 Å². The van der Waals surface area contributed by atoms with Gasteiger partial charge < -0.3 is 9.47 Å². The first kappa shape index (κ1) is 19.4. The van der Waals surface area contributed by atoms with Gasteiger partial charge in [0.15, 0.2) is 16.3 Å². The molecular weight excluding hydrogens is 388 g/mol. The summed E-state index contributed by atoms with van der Waals surface area (Å²) < 4.78 is 63.1. The molecule has 27 heavy (non-hydrogen) atoms. The summed E-state index contributed by atoms with van der Waals surface area (Å²) in [5, 5.41) is 0. The van der Waals surface area contributed by atoms with Crippen LogP contribution in [-0.2, 0) is 4.79 Å². The molecule has 1 aromatic heterocycles. The molecule has 0 saturated heterocycles. The Labute approximate surface area is 155 Å². The van der Waals surface area contributed by atoms with E-state index in [0.717, 1.165) is 17.0 Å². The minimum Gasteiger partial charge on any atom is -0.421 e. The number of alkyl halides is 4. The molecule has 0 spiro atoms. The van der Waals surface area contributed by atoms with Gasteiger partial charge in [-0.1, -0.05) is 20.8 Å². The molecule has 1 aliphatic rings. The average molecular weight is 404 g/mol. The summed E-state index contributed by atoms with van der Waals surface area (Å²) in [7, 11) is 0. The maximum atomic E-state index is 13.4. The summed E-state index contributed by atoms with van der Waals surface area (Å²) in [6.07, 6.45) is -7.92. The third-order valence-corrected chi connectivity index (χ3v) is 4.53. The first-order chi connectivity index (χ1) is 12.3. The molecule has 0 fully saturated rings. The van der Waals surface area contributed by atoms with Gasteiger partial charge in [-0.15, -0.1) is 11.3 Å². The summed E-state index contributed by atoms with van der Waals surface area (Å²) in [4.78, 5) is 17.4. The zero-order valence-corrected chi connectivity index (χ0v) is 15.7. The van der Waals surface area contributed by atoms with Gasteiger partial charge in [-0.25, -0.2) is 0 Å². The second kappa shape index (κ2) is 6.08. The van der Waals surface area contributed by atoms with E-state index >= 15 is 0 Å². The van der Waals surface area contributed by atoms with Crippen LogP contribution in [0.1, 0.15) is 25.6 Å². The monoisotopic (exact) mass is 404 g/mol. The van der Waals surface area contributed by atoms with E-state index in [9.17, 15) is 22.4 Å². The Hall–Kier alpha value is -2.36. The van der Waals surface area contributed by atoms with E-state index < -0.39 is 29.1 Å². The highest BCUT2D eigenvalue weighted by Crippen LogP contribution is 2.47.